The number of amides is 1. The summed E-state index contributed by atoms with van der Waals surface area (Å²) >= 11 is 0. The highest BCUT2D eigenvalue weighted by molar-refractivity contribution is 5.95. The fraction of sp³-hybridized carbons (Fsp3) is 0.188. The molecule has 0 spiro atoms. The highest BCUT2D eigenvalue weighted by Gasteiger charge is 2.46. The Morgan fingerprint density at radius 2 is 1.44 bits per heavy atom. The zero-order chi connectivity index (χ0) is 18.5. The van der Waals surface area contributed by atoms with E-state index in [1.54, 1.807) is 5.32 Å². The lowest BCUT2D eigenvalue weighted by Crippen LogP contribution is -2.19. The van der Waals surface area contributed by atoms with Gasteiger partial charge < -0.3 is 5.32 Å². The molecule has 25 heavy (non-hydrogen) atoms. The molecule has 1 aliphatic rings. The lowest BCUT2D eigenvalue weighted by atomic mass is 10.1. The van der Waals surface area contributed by atoms with Crippen LogP contribution in [0.3, 0.4) is 0 Å². The second kappa shape index (κ2) is 6.05. The first-order valence-electron chi connectivity index (χ1n) is 6.99. The number of nitrogens with one attached hydrogen (secondary N) is 1. The van der Waals surface area contributed by atoms with E-state index in [1.165, 1.54) is 0 Å². The molecule has 0 bridgehead atoms. The summed E-state index contributed by atoms with van der Waals surface area (Å²) in [5.74, 6) is -15.4. The van der Waals surface area contributed by atoms with E-state index >= 15 is 0 Å². The molecule has 0 radical (unpaired) electrons. The van der Waals surface area contributed by atoms with E-state index in [0.29, 0.717) is 6.07 Å². The van der Waals surface area contributed by atoms with E-state index in [9.17, 15) is 35.5 Å². The summed E-state index contributed by atoms with van der Waals surface area (Å²) in [7, 11) is 0. The monoisotopic (exact) mass is 363 g/mol. The van der Waals surface area contributed by atoms with Gasteiger partial charge in [0.2, 0.25) is 11.7 Å². The van der Waals surface area contributed by atoms with Crippen LogP contribution in [0.15, 0.2) is 18.2 Å². The van der Waals surface area contributed by atoms with Crippen molar-refractivity contribution >= 4 is 11.6 Å². The van der Waals surface area contributed by atoms with Crippen molar-refractivity contribution in [2.45, 2.75) is 12.3 Å². The van der Waals surface area contributed by atoms with Crippen LogP contribution in [0, 0.1) is 46.6 Å². The SMILES string of the molecule is O=C(Nc1c(F)c(F)c(F)c(F)c1F)[C@@H]1C[C@@H]1c1ccc(F)cc1F. The zero-order valence-corrected chi connectivity index (χ0v) is 12.1. The lowest BCUT2D eigenvalue weighted by molar-refractivity contribution is -0.117. The van der Waals surface area contributed by atoms with Crippen molar-refractivity contribution in [3.05, 3.63) is 64.5 Å². The van der Waals surface area contributed by atoms with Gasteiger partial charge >= 0.3 is 0 Å². The van der Waals surface area contributed by atoms with Crippen LogP contribution in [0.2, 0.25) is 0 Å². The van der Waals surface area contributed by atoms with Crippen molar-refractivity contribution < 1.29 is 35.5 Å². The van der Waals surface area contributed by atoms with Gasteiger partial charge in [-0.2, -0.15) is 0 Å². The molecular formula is C16H8F7NO. The summed E-state index contributed by atoms with van der Waals surface area (Å²) in [4.78, 5) is 12.0. The second-order valence-electron chi connectivity index (χ2n) is 5.55. The fourth-order valence-electron chi connectivity index (χ4n) is 2.56. The molecule has 1 fully saturated rings. The number of anilines is 1. The van der Waals surface area contributed by atoms with Gasteiger partial charge in [0, 0.05) is 12.0 Å². The smallest absolute Gasteiger partial charge is 0.228 e. The van der Waals surface area contributed by atoms with Gasteiger partial charge in [0.25, 0.3) is 0 Å². The van der Waals surface area contributed by atoms with E-state index in [0.717, 1.165) is 12.1 Å². The van der Waals surface area contributed by atoms with E-state index in [-0.39, 0.29) is 12.0 Å². The maximum Gasteiger partial charge on any atom is 0.228 e. The quantitative estimate of drug-likeness (QED) is 0.489. The summed E-state index contributed by atoms with van der Waals surface area (Å²) in [5, 5.41) is 1.65. The third kappa shape index (κ3) is 2.94. The first kappa shape index (κ1) is 17.2. The molecule has 1 N–H and O–H groups in total. The van der Waals surface area contributed by atoms with Crippen molar-refractivity contribution in [2.24, 2.45) is 5.92 Å². The Hall–Kier alpha value is -2.58. The normalized spacial score (nSPS) is 19.0. The van der Waals surface area contributed by atoms with E-state index in [4.69, 9.17) is 0 Å². The molecule has 2 atom stereocenters. The van der Waals surface area contributed by atoms with Crippen LogP contribution in [0.4, 0.5) is 36.4 Å². The van der Waals surface area contributed by atoms with Crippen LogP contribution in [0.1, 0.15) is 17.9 Å². The van der Waals surface area contributed by atoms with Crippen LogP contribution in [0.25, 0.3) is 0 Å². The zero-order valence-electron chi connectivity index (χ0n) is 12.1. The van der Waals surface area contributed by atoms with Crippen LogP contribution in [0.5, 0.6) is 0 Å². The number of rotatable bonds is 3. The number of hydrogen-bond acceptors (Lipinski definition) is 1. The maximum absolute atomic E-state index is 13.7. The largest absolute Gasteiger partial charge is 0.321 e. The first-order valence-corrected chi connectivity index (χ1v) is 6.99. The van der Waals surface area contributed by atoms with Crippen molar-refractivity contribution in [3.8, 4) is 0 Å². The predicted octanol–water partition coefficient (Wildman–Crippen LogP) is 4.40. The Kier molecular flexibility index (Phi) is 4.18. The number of carbonyl (C=O) groups is 1. The Morgan fingerprint density at radius 3 is 2.00 bits per heavy atom. The van der Waals surface area contributed by atoms with Crippen LogP contribution >= 0.6 is 0 Å². The summed E-state index contributed by atoms with van der Waals surface area (Å²) in [6.07, 6.45) is 0.0871. The van der Waals surface area contributed by atoms with Crippen molar-refractivity contribution in [2.75, 3.05) is 5.32 Å². The van der Waals surface area contributed by atoms with Gasteiger partial charge in [-0.1, -0.05) is 6.07 Å². The minimum absolute atomic E-state index is 0.0268. The summed E-state index contributed by atoms with van der Waals surface area (Å²) in [5.41, 5.74) is -1.44. The number of carbonyl (C=O) groups excluding carboxylic acids is 1. The predicted molar refractivity (Wildman–Crippen MR) is 72.1 cm³/mol. The minimum Gasteiger partial charge on any atom is -0.321 e. The molecule has 2 aromatic carbocycles. The first-order chi connectivity index (χ1) is 11.7. The molecular weight excluding hydrogens is 355 g/mol. The average Bonchev–Trinajstić information content (AvgIpc) is 3.35. The summed E-state index contributed by atoms with van der Waals surface area (Å²) in [6, 6.07) is 2.73. The number of benzene rings is 2. The Balaban J connectivity index is 1.81. The highest BCUT2D eigenvalue weighted by Crippen LogP contribution is 2.49. The van der Waals surface area contributed by atoms with Gasteiger partial charge in [-0.25, -0.2) is 30.7 Å². The highest BCUT2D eigenvalue weighted by atomic mass is 19.2. The molecule has 9 heteroatoms. The van der Waals surface area contributed by atoms with E-state index in [1.807, 2.05) is 0 Å². The second-order valence-corrected chi connectivity index (χ2v) is 5.55. The van der Waals surface area contributed by atoms with E-state index < -0.39 is 64.2 Å². The summed E-state index contributed by atoms with van der Waals surface area (Å²) in [6.45, 7) is 0. The number of hydrogen-bond donors (Lipinski definition) is 1. The molecule has 1 amide bonds. The third-order valence-corrected chi connectivity index (χ3v) is 3.95. The lowest BCUT2D eigenvalue weighted by Gasteiger charge is -2.10. The topological polar surface area (TPSA) is 29.1 Å². The molecule has 1 aliphatic carbocycles. The molecule has 2 nitrogen and oxygen atoms in total. The molecule has 3 rings (SSSR count). The maximum atomic E-state index is 13.7. The van der Waals surface area contributed by atoms with Crippen LogP contribution in [-0.4, -0.2) is 5.91 Å². The third-order valence-electron chi connectivity index (χ3n) is 3.95. The fourth-order valence-corrected chi connectivity index (χ4v) is 2.56. The van der Waals surface area contributed by atoms with Gasteiger partial charge in [-0.3, -0.25) is 4.79 Å². The van der Waals surface area contributed by atoms with Crippen molar-refractivity contribution in [3.63, 3.8) is 0 Å². The van der Waals surface area contributed by atoms with Crippen LogP contribution in [-0.2, 0) is 4.79 Å². The Bertz CT molecular complexity index is 854. The molecule has 2 aromatic rings. The average molecular weight is 363 g/mol. The minimum atomic E-state index is -2.34. The molecule has 0 heterocycles. The van der Waals surface area contributed by atoms with Crippen LogP contribution < -0.4 is 5.32 Å². The van der Waals surface area contributed by atoms with Gasteiger partial charge in [0.1, 0.15) is 17.3 Å². The Labute approximate surface area is 136 Å². The molecule has 0 unspecified atom stereocenters. The Morgan fingerprint density at radius 1 is 0.880 bits per heavy atom. The van der Waals surface area contributed by atoms with Gasteiger partial charge in [-0.05, 0) is 24.0 Å². The van der Waals surface area contributed by atoms with E-state index in [2.05, 4.69) is 0 Å². The van der Waals surface area contributed by atoms with Gasteiger partial charge in [0.05, 0.1) is 0 Å². The summed E-state index contributed by atoms with van der Waals surface area (Å²) < 4.78 is 92.8. The molecule has 0 saturated heterocycles. The standard InChI is InChI=1S/C16H8F7NO/c17-5-1-2-6(9(18)3-5)7-4-8(7)16(25)24-15-13(22)11(20)10(19)12(21)14(15)23/h1-3,7-8H,4H2,(H,24,25)/t7-,8-/m1/s1. The molecule has 0 aliphatic heterocycles. The van der Waals surface area contributed by atoms with Gasteiger partial charge in [0.15, 0.2) is 23.3 Å². The molecule has 0 aromatic heterocycles. The molecule has 1 saturated carbocycles. The number of halogens is 7. The van der Waals surface area contributed by atoms with Gasteiger partial charge in [-0.15, -0.1) is 0 Å². The van der Waals surface area contributed by atoms with Crippen molar-refractivity contribution in [1.82, 2.24) is 0 Å². The molecule has 132 valence electrons. The van der Waals surface area contributed by atoms with Crippen molar-refractivity contribution in [1.29, 1.82) is 0 Å².